The zero-order valence-corrected chi connectivity index (χ0v) is 7.46. The summed E-state index contributed by atoms with van der Waals surface area (Å²) in [6.07, 6.45) is 1.12. The first-order valence-corrected chi connectivity index (χ1v) is 3.70. The summed E-state index contributed by atoms with van der Waals surface area (Å²) < 4.78 is 0. The molecular weight excluding hydrogens is 130 g/mol. The van der Waals surface area contributed by atoms with Crippen molar-refractivity contribution in [2.24, 2.45) is 0 Å². The fourth-order valence-electron chi connectivity index (χ4n) is 0.392. The highest BCUT2D eigenvalue weighted by molar-refractivity contribution is 7.78. The molecule has 0 atom stereocenters. The van der Waals surface area contributed by atoms with Crippen molar-refractivity contribution in [3.8, 4) is 0 Å². The van der Waals surface area contributed by atoms with Gasteiger partial charge in [0.1, 0.15) is 0 Å². The molecule has 0 saturated heterocycles. The Hall–Kier alpha value is -0.110. The molecule has 0 N–H and O–H groups in total. The third-order valence-electron chi connectivity index (χ3n) is 1.98. The van der Waals surface area contributed by atoms with E-state index in [1.54, 1.807) is 5.49 Å². The summed E-state index contributed by atoms with van der Waals surface area (Å²) in [6, 6.07) is 0. The highest BCUT2D eigenvalue weighted by Crippen LogP contribution is 2.13. The molecule has 0 spiro atoms. The number of thiocarbonyl (C=S) groups is 1. The molecule has 9 heavy (non-hydrogen) atoms. The fourth-order valence-corrected chi connectivity index (χ4v) is 0.677. The Morgan fingerprint density at radius 1 is 1.56 bits per heavy atom. The summed E-state index contributed by atoms with van der Waals surface area (Å²) in [6.45, 7) is 6.51. The van der Waals surface area contributed by atoms with Gasteiger partial charge in [0.05, 0.1) is 5.49 Å². The van der Waals surface area contributed by atoms with Gasteiger partial charge in [-0.05, 0) is 20.3 Å². The van der Waals surface area contributed by atoms with Crippen LogP contribution in [0.1, 0.15) is 27.2 Å². The van der Waals surface area contributed by atoms with Crippen LogP contribution in [0, 0.1) is 0 Å². The van der Waals surface area contributed by atoms with Crippen LogP contribution in [-0.2, 0) is 0 Å². The molecule has 0 radical (unpaired) electrons. The molecule has 0 aromatic heterocycles. The van der Waals surface area contributed by atoms with E-state index < -0.39 is 0 Å². The topological polar surface area (TPSA) is 3.24 Å². The van der Waals surface area contributed by atoms with E-state index in [9.17, 15) is 0 Å². The van der Waals surface area contributed by atoms with Gasteiger partial charge < -0.3 is 4.90 Å². The van der Waals surface area contributed by atoms with Crippen molar-refractivity contribution >= 4 is 17.7 Å². The average Bonchev–Trinajstić information content (AvgIpc) is 1.86. The molecule has 0 amide bonds. The van der Waals surface area contributed by atoms with Crippen LogP contribution in [0.4, 0.5) is 0 Å². The van der Waals surface area contributed by atoms with Gasteiger partial charge in [-0.25, -0.2) is 0 Å². The number of hydrogen-bond donors (Lipinski definition) is 0. The Morgan fingerprint density at radius 2 is 2.00 bits per heavy atom. The van der Waals surface area contributed by atoms with Gasteiger partial charge in [0.25, 0.3) is 0 Å². The second-order valence-electron chi connectivity index (χ2n) is 2.88. The van der Waals surface area contributed by atoms with Gasteiger partial charge in [-0.2, -0.15) is 0 Å². The summed E-state index contributed by atoms with van der Waals surface area (Å²) in [5.41, 5.74) is 1.92. The zero-order valence-electron chi connectivity index (χ0n) is 6.64. The Bertz CT molecular complexity index is 99.1. The lowest BCUT2D eigenvalue weighted by Gasteiger charge is -2.32. The maximum Gasteiger partial charge on any atom is 0.0642 e. The zero-order chi connectivity index (χ0) is 7.49. The summed E-state index contributed by atoms with van der Waals surface area (Å²) in [7, 11) is 2.01. The fraction of sp³-hybridized carbons (Fsp3) is 0.857. The molecule has 0 heterocycles. The van der Waals surface area contributed by atoms with E-state index in [2.05, 4.69) is 25.7 Å². The SMILES string of the molecule is CCC(C)(C)N(C)C=S. The van der Waals surface area contributed by atoms with Gasteiger partial charge in [-0.15, -0.1) is 0 Å². The number of hydrogen-bond acceptors (Lipinski definition) is 1. The van der Waals surface area contributed by atoms with Crippen LogP contribution in [0.5, 0.6) is 0 Å². The predicted octanol–water partition coefficient (Wildman–Crippen LogP) is 2.06. The van der Waals surface area contributed by atoms with Crippen molar-refractivity contribution in [3.63, 3.8) is 0 Å². The van der Waals surface area contributed by atoms with E-state index >= 15 is 0 Å². The van der Waals surface area contributed by atoms with Crippen molar-refractivity contribution < 1.29 is 0 Å². The maximum atomic E-state index is 4.79. The highest BCUT2D eigenvalue weighted by Gasteiger charge is 2.17. The maximum absolute atomic E-state index is 4.79. The predicted molar refractivity (Wildman–Crippen MR) is 45.8 cm³/mol. The second-order valence-corrected chi connectivity index (χ2v) is 3.09. The van der Waals surface area contributed by atoms with Crippen LogP contribution in [0.15, 0.2) is 0 Å². The van der Waals surface area contributed by atoms with Gasteiger partial charge in [-0.3, -0.25) is 0 Å². The Labute approximate surface area is 63.0 Å². The van der Waals surface area contributed by atoms with Gasteiger partial charge in [0.15, 0.2) is 0 Å². The van der Waals surface area contributed by atoms with Crippen LogP contribution in [-0.4, -0.2) is 23.0 Å². The standard InChI is InChI=1S/C7H15NS/c1-5-7(2,3)8(4)6-9/h6H,5H2,1-4H3. The quantitative estimate of drug-likeness (QED) is 0.559. The molecule has 0 saturated carbocycles. The minimum atomic E-state index is 0.224. The van der Waals surface area contributed by atoms with Crippen molar-refractivity contribution in [1.82, 2.24) is 4.90 Å². The largest absolute Gasteiger partial charge is 0.367 e. The molecule has 0 bridgehead atoms. The van der Waals surface area contributed by atoms with Gasteiger partial charge in [0, 0.05) is 12.6 Å². The van der Waals surface area contributed by atoms with E-state index in [4.69, 9.17) is 12.2 Å². The van der Waals surface area contributed by atoms with Crippen LogP contribution < -0.4 is 0 Å². The number of nitrogens with zero attached hydrogens (tertiary/aromatic N) is 1. The summed E-state index contributed by atoms with van der Waals surface area (Å²) >= 11 is 4.79. The molecular formula is C7H15NS. The van der Waals surface area contributed by atoms with Crippen LogP contribution in [0.2, 0.25) is 0 Å². The first-order valence-electron chi connectivity index (χ1n) is 3.23. The molecule has 0 rings (SSSR count). The van der Waals surface area contributed by atoms with E-state index in [-0.39, 0.29) is 5.54 Å². The average molecular weight is 145 g/mol. The summed E-state index contributed by atoms with van der Waals surface area (Å²) in [5, 5.41) is 0. The molecule has 0 unspecified atom stereocenters. The molecule has 0 aromatic carbocycles. The Balaban J connectivity index is 3.95. The highest BCUT2D eigenvalue weighted by atomic mass is 32.1. The van der Waals surface area contributed by atoms with E-state index in [1.165, 1.54) is 0 Å². The molecule has 0 aromatic rings. The van der Waals surface area contributed by atoms with E-state index in [1.807, 2.05) is 7.05 Å². The first-order chi connectivity index (χ1) is 4.04. The van der Waals surface area contributed by atoms with E-state index in [0.29, 0.717) is 0 Å². The molecule has 1 nitrogen and oxygen atoms in total. The van der Waals surface area contributed by atoms with Crippen molar-refractivity contribution in [2.45, 2.75) is 32.7 Å². The molecule has 0 fully saturated rings. The van der Waals surface area contributed by atoms with Gasteiger partial charge >= 0.3 is 0 Å². The monoisotopic (exact) mass is 145 g/mol. The number of rotatable bonds is 3. The molecule has 0 aliphatic rings. The third kappa shape index (κ3) is 2.31. The van der Waals surface area contributed by atoms with Crippen LogP contribution in [0.25, 0.3) is 0 Å². The Morgan fingerprint density at radius 3 is 2.11 bits per heavy atom. The lowest BCUT2D eigenvalue weighted by Crippen LogP contribution is -2.38. The molecule has 2 heteroatoms. The van der Waals surface area contributed by atoms with Gasteiger partial charge in [0.2, 0.25) is 0 Å². The van der Waals surface area contributed by atoms with Crippen molar-refractivity contribution in [1.29, 1.82) is 0 Å². The summed E-state index contributed by atoms with van der Waals surface area (Å²) in [4.78, 5) is 2.06. The molecule has 54 valence electrons. The molecule has 0 aliphatic heterocycles. The van der Waals surface area contributed by atoms with E-state index in [0.717, 1.165) is 6.42 Å². The van der Waals surface area contributed by atoms with Crippen molar-refractivity contribution in [3.05, 3.63) is 0 Å². The normalized spacial score (nSPS) is 11.1. The smallest absolute Gasteiger partial charge is 0.0642 e. The molecule has 0 aliphatic carbocycles. The lowest BCUT2D eigenvalue weighted by atomic mass is 10.0. The second kappa shape index (κ2) is 3.16. The van der Waals surface area contributed by atoms with Gasteiger partial charge in [-0.1, -0.05) is 19.1 Å². The minimum absolute atomic E-state index is 0.224. The van der Waals surface area contributed by atoms with Crippen LogP contribution >= 0.6 is 12.2 Å². The van der Waals surface area contributed by atoms with Crippen LogP contribution in [0.3, 0.4) is 0 Å². The van der Waals surface area contributed by atoms with Crippen molar-refractivity contribution in [2.75, 3.05) is 7.05 Å². The minimum Gasteiger partial charge on any atom is -0.367 e. The lowest BCUT2D eigenvalue weighted by molar-refractivity contribution is 0.257. The Kier molecular flexibility index (Phi) is 3.12. The third-order valence-corrected chi connectivity index (χ3v) is 2.29. The first kappa shape index (κ1) is 8.89. The summed E-state index contributed by atoms with van der Waals surface area (Å²) in [5.74, 6) is 0.